The van der Waals surface area contributed by atoms with E-state index in [1.807, 2.05) is 0 Å². The third-order valence-electron chi connectivity index (χ3n) is 13.6. The van der Waals surface area contributed by atoms with Crippen molar-refractivity contribution in [2.75, 3.05) is 13.2 Å². The predicted molar refractivity (Wildman–Crippen MR) is 280 cm³/mol. The van der Waals surface area contributed by atoms with E-state index < -0.39 is 6.10 Å². The van der Waals surface area contributed by atoms with E-state index in [0.29, 0.717) is 19.3 Å². The van der Waals surface area contributed by atoms with Gasteiger partial charge in [0, 0.05) is 19.3 Å². The monoisotopic (exact) mass is 919 g/mol. The van der Waals surface area contributed by atoms with Gasteiger partial charge in [0.1, 0.15) is 13.2 Å². The van der Waals surface area contributed by atoms with Crippen molar-refractivity contribution in [3.8, 4) is 0 Å². The molecule has 0 aromatic carbocycles. The average molecular weight is 920 g/mol. The first-order valence-electron chi connectivity index (χ1n) is 29.5. The molecule has 0 aliphatic carbocycles. The number of carbonyl (C=O) groups is 3. The number of carbonyl (C=O) groups excluding carboxylic acids is 3. The highest BCUT2D eigenvalue weighted by Crippen LogP contribution is 2.18. The molecule has 0 aliphatic rings. The fourth-order valence-electron chi connectivity index (χ4n) is 9.15. The van der Waals surface area contributed by atoms with Gasteiger partial charge < -0.3 is 14.2 Å². The SMILES string of the molecule is CCCCCCCCCCCCCCCCCCCCCCCCCCCCCCCCCCCCC(=O)OCC(COC(=O)CCCCCCC)OC(=O)CCCCCCCCCC. The van der Waals surface area contributed by atoms with Crippen LogP contribution in [0.25, 0.3) is 0 Å². The molecule has 65 heavy (non-hydrogen) atoms. The van der Waals surface area contributed by atoms with Crippen molar-refractivity contribution in [2.24, 2.45) is 0 Å². The molecule has 0 amide bonds. The van der Waals surface area contributed by atoms with E-state index in [-0.39, 0.29) is 31.1 Å². The maximum atomic E-state index is 12.6. The Hall–Kier alpha value is -1.59. The minimum absolute atomic E-state index is 0.0640. The molecule has 0 saturated carbocycles. The minimum atomic E-state index is -0.757. The quantitative estimate of drug-likeness (QED) is 0.0344. The molecule has 0 rings (SSSR count). The van der Waals surface area contributed by atoms with E-state index >= 15 is 0 Å². The lowest BCUT2D eigenvalue weighted by Gasteiger charge is -2.18. The second kappa shape index (κ2) is 55.0. The smallest absolute Gasteiger partial charge is 0.306 e. The van der Waals surface area contributed by atoms with Gasteiger partial charge in [-0.15, -0.1) is 0 Å². The molecule has 0 spiro atoms. The van der Waals surface area contributed by atoms with Crippen LogP contribution >= 0.6 is 0 Å². The molecular formula is C59H114O6. The number of rotatable bonds is 55. The largest absolute Gasteiger partial charge is 0.462 e. The van der Waals surface area contributed by atoms with E-state index in [4.69, 9.17) is 14.2 Å². The van der Waals surface area contributed by atoms with Gasteiger partial charge in [0.05, 0.1) is 0 Å². The third-order valence-corrected chi connectivity index (χ3v) is 13.6. The molecule has 386 valence electrons. The van der Waals surface area contributed by atoms with Crippen molar-refractivity contribution in [3.63, 3.8) is 0 Å². The number of hydrogen-bond acceptors (Lipinski definition) is 6. The maximum Gasteiger partial charge on any atom is 0.306 e. The molecule has 6 heteroatoms. The molecule has 0 bridgehead atoms. The fraction of sp³-hybridized carbons (Fsp3) is 0.949. The average Bonchev–Trinajstić information content (AvgIpc) is 3.30. The Labute approximate surface area is 406 Å². The van der Waals surface area contributed by atoms with Crippen LogP contribution in [0.15, 0.2) is 0 Å². The summed E-state index contributed by atoms with van der Waals surface area (Å²) in [6.07, 6.45) is 62.0. The first kappa shape index (κ1) is 63.4. The van der Waals surface area contributed by atoms with Crippen molar-refractivity contribution >= 4 is 17.9 Å². The fourth-order valence-corrected chi connectivity index (χ4v) is 9.15. The summed E-state index contributed by atoms with van der Waals surface area (Å²) in [4.78, 5) is 37.5. The molecule has 1 atom stereocenters. The van der Waals surface area contributed by atoms with Crippen molar-refractivity contribution in [1.82, 2.24) is 0 Å². The van der Waals surface area contributed by atoms with Crippen LogP contribution in [0.1, 0.15) is 342 Å². The lowest BCUT2D eigenvalue weighted by atomic mass is 10.0. The van der Waals surface area contributed by atoms with Crippen molar-refractivity contribution in [1.29, 1.82) is 0 Å². The van der Waals surface area contributed by atoms with Gasteiger partial charge in [0.2, 0.25) is 0 Å². The van der Waals surface area contributed by atoms with Crippen LogP contribution in [-0.4, -0.2) is 37.2 Å². The maximum absolute atomic E-state index is 12.6. The third kappa shape index (κ3) is 53.2. The summed E-state index contributed by atoms with van der Waals surface area (Å²) in [5, 5.41) is 0. The Morgan fingerprint density at radius 1 is 0.246 bits per heavy atom. The van der Waals surface area contributed by atoms with Gasteiger partial charge in [-0.05, 0) is 19.3 Å². The number of hydrogen-bond donors (Lipinski definition) is 0. The van der Waals surface area contributed by atoms with Crippen LogP contribution in [0.2, 0.25) is 0 Å². The summed E-state index contributed by atoms with van der Waals surface area (Å²) < 4.78 is 16.6. The van der Waals surface area contributed by atoms with Gasteiger partial charge >= 0.3 is 17.9 Å². The van der Waals surface area contributed by atoms with Crippen LogP contribution < -0.4 is 0 Å². The Morgan fingerprint density at radius 3 is 0.615 bits per heavy atom. The van der Waals surface area contributed by atoms with Crippen LogP contribution in [0.5, 0.6) is 0 Å². The second-order valence-electron chi connectivity index (χ2n) is 20.3. The molecule has 0 aromatic rings. The molecule has 0 saturated heterocycles. The second-order valence-corrected chi connectivity index (χ2v) is 20.3. The molecule has 0 aliphatic heterocycles. The highest BCUT2D eigenvalue weighted by Gasteiger charge is 2.19. The summed E-state index contributed by atoms with van der Waals surface area (Å²) >= 11 is 0. The first-order chi connectivity index (χ1) is 32.0. The van der Waals surface area contributed by atoms with Crippen LogP contribution in [0.4, 0.5) is 0 Å². The molecular weight excluding hydrogens is 805 g/mol. The van der Waals surface area contributed by atoms with Crippen LogP contribution in [-0.2, 0) is 28.6 Å². The molecule has 0 aromatic heterocycles. The topological polar surface area (TPSA) is 78.9 Å². The first-order valence-corrected chi connectivity index (χ1v) is 29.5. The summed E-state index contributed by atoms with van der Waals surface area (Å²) in [6, 6.07) is 0. The van der Waals surface area contributed by atoms with Gasteiger partial charge in [-0.25, -0.2) is 0 Å². The Bertz CT molecular complexity index is 967. The number of esters is 3. The highest BCUT2D eigenvalue weighted by atomic mass is 16.6. The van der Waals surface area contributed by atoms with Crippen LogP contribution in [0.3, 0.4) is 0 Å². The van der Waals surface area contributed by atoms with E-state index in [9.17, 15) is 14.4 Å². The molecule has 0 fully saturated rings. The van der Waals surface area contributed by atoms with Crippen molar-refractivity contribution < 1.29 is 28.6 Å². The Kier molecular flexibility index (Phi) is 53.7. The molecule has 0 radical (unpaired) electrons. The van der Waals surface area contributed by atoms with Gasteiger partial charge in [-0.3, -0.25) is 14.4 Å². The molecule has 0 N–H and O–H groups in total. The normalized spacial score (nSPS) is 11.9. The van der Waals surface area contributed by atoms with Gasteiger partial charge in [-0.2, -0.15) is 0 Å². The molecule has 1 unspecified atom stereocenters. The number of unbranched alkanes of at least 4 members (excludes halogenated alkanes) is 44. The standard InChI is InChI=1S/C59H114O6/c1-4-7-10-13-15-17-18-19-20-21-22-23-24-25-26-27-28-29-30-31-32-33-34-35-36-37-38-39-40-41-42-44-46-49-52-58(61)64-55-56(54-63-57(60)51-48-45-12-9-6-3)65-59(62)53-50-47-43-16-14-11-8-5-2/h56H,4-55H2,1-3H3. The zero-order valence-electron chi connectivity index (χ0n) is 44.3. The van der Waals surface area contributed by atoms with E-state index in [1.165, 1.54) is 238 Å². The predicted octanol–water partition coefficient (Wildman–Crippen LogP) is 19.5. The molecule has 6 nitrogen and oxygen atoms in total. The highest BCUT2D eigenvalue weighted by molar-refractivity contribution is 5.71. The van der Waals surface area contributed by atoms with E-state index in [0.717, 1.165) is 64.2 Å². The van der Waals surface area contributed by atoms with Crippen molar-refractivity contribution in [3.05, 3.63) is 0 Å². The Balaban J connectivity index is 3.70. The summed E-state index contributed by atoms with van der Waals surface area (Å²) in [5.41, 5.74) is 0. The van der Waals surface area contributed by atoms with Gasteiger partial charge in [0.25, 0.3) is 0 Å². The summed E-state index contributed by atoms with van der Waals surface area (Å²) in [5.74, 6) is -0.866. The van der Waals surface area contributed by atoms with E-state index in [1.54, 1.807) is 0 Å². The number of ether oxygens (including phenoxy) is 3. The Morgan fingerprint density at radius 2 is 0.415 bits per heavy atom. The zero-order chi connectivity index (χ0) is 47.2. The summed E-state index contributed by atoms with van der Waals surface area (Å²) in [7, 11) is 0. The van der Waals surface area contributed by atoms with Gasteiger partial charge in [0.15, 0.2) is 6.10 Å². The minimum Gasteiger partial charge on any atom is -0.462 e. The summed E-state index contributed by atoms with van der Waals surface area (Å²) in [6.45, 7) is 6.57. The van der Waals surface area contributed by atoms with E-state index in [2.05, 4.69) is 20.8 Å². The van der Waals surface area contributed by atoms with Crippen LogP contribution in [0, 0.1) is 0 Å². The lowest BCUT2D eigenvalue weighted by molar-refractivity contribution is -0.167. The van der Waals surface area contributed by atoms with Crippen molar-refractivity contribution in [2.45, 2.75) is 348 Å². The lowest BCUT2D eigenvalue weighted by Crippen LogP contribution is -2.30. The molecule has 0 heterocycles. The zero-order valence-corrected chi connectivity index (χ0v) is 44.3. The van der Waals surface area contributed by atoms with Gasteiger partial charge in [-0.1, -0.05) is 303 Å².